The third kappa shape index (κ3) is 3.09. The van der Waals surface area contributed by atoms with E-state index in [4.69, 9.17) is 22.1 Å². The van der Waals surface area contributed by atoms with E-state index in [1.165, 1.54) is 5.56 Å². The first kappa shape index (κ1) is 12.3. The quantitative estimate of drug-likeness (QED) is 0.802. The van der Waals surface area contributed by atoms with Crippen LogP contribution in [0.25, 0.3) is 0 Å². The molecule has 0 aliphatic rings. The van der Waals surface area contributed by atoms with Gasteiger partial charge in [0.1, 0.15) is 5.75 Å². The molecule has 0 aromatic heterocycles. The maximum absolute atomic E-state index is 6.05. The van der Waals surface area contributed by atoms with Gasteiger partial charge in [-0.15, -0.1) is 0 Å². The number of nitrogens with two attached hydrogens (primary N) is 1. The molecule has 2 N–H and O–H groups in total. The highest BCUT2D eigenvalue weighted by Gasteiger charge is 2.07. The average molecular weight is 229 g/mol. The Kier molecular flexibility index (Phi) is 4.39. The summed E-state index contributed by atoms with van der Waals surface area (Å²) in [6, 6.07) is 3.88. The third-order valence-electron chi connectivity index (χ3n) is 2.36. The van der Waals surface area contributed by atoms with Gasteiger partial charge in [-0.1, -0.05) is 11.6 Å². The van der Waals surface area contributed by atoms with Crippen LogP contribution in [-0.2, 0) is 6.54 Å². The molecule has 4 heteroatoms. The summed E-state index contributed by atoms with van der Waals surface area (Å²) in [5.74, 6) is 0.716. The van der Waals surface area contributed by atoms with E-state index in [-0.39, 0.29) is 0 Å². The second-order valence-electron chi connectivity index (χ2n) is 3.61. The van der Waals surface area contributed by atoms with E-state index in [1.807, 2.05) is 31.0 Å². The first-order chi connectivity index (χ1) is 7.08. The van der Waals surface area contributed by atoms with Gasteiger partial charge < -0.3 is 10.5 Å². The molecule has 0 unspecified atom stereocenters. The Morgan fingerprint density at radius 3 is 2.67 bits per heavy atom. The predicted octanol–water partition coefficient (Wildman–Crippen LogP) is 2.01. The fourth-order valence-electron chi connectivity index (χ4n) is 1.38. The summed E-state index contributed by atoms with van der Waals surface area (Å²) < 4.78 is 5.14. The van der Waals surface area contributed by atoms with Gasteiger partial charge in [0.05, 0.1) is 12.1 Å². The summed E-state index contributed by atoms with van der Waals surface area (Å²) in [6.45, 7) is 3.37. The molecule has 0 radical (unpaired) electrons. The Hall–Kier alpha value is -0.770. The first-order valence-electron chi connectivity index (χ1n) is 4.80. The molecule has 0 aliphatic heterocycles. The Morgan fingerprint density at radius 1 is 1.47 bits per heavy atom. The molecular weight excluding hydrogens is 212 g/mol. The van der Waals surface area contributed by atoms with Crippen molar-refractivity contribution in [2.75, 3.05) is 20.8 Å². The molecule has 0 spiro atoms. The zero-order valence-electron chi connectivity index (χ0n) is 9.38. The van der Waals surface area contributed by atoms with Crippen molar-refractivity contribution in [1.82, 2.24) is 4.90 Å². The van der Waals surface area contributed by atoms with Crippen molar-refractivity contribution in [1.29, 1.82) is 0 Å². The fourth-order valence-corrected chi connectivity index (χ4v) is 1.64. The average Bonchev–Trinajstić information content (AvgIpc) is 2.22. The van der Waals surface area contributed by atoms with Crippen LogP contribution in [0, 0.1) is 6.92 Å². The zero-order chi connectivity index (χ0) is 11.4. The molecule has 0 fully saturated rings. The van der Waals surface area contributed by atoms with E-state index in [0.29, 0.717) is 17.4 Å². The van der Waals surface area contributed by atoms with Gasteiger partial charge in [0.15, 0.2) is 0 Å². The number of halogens is 1. The molecule has 84 valence electrons. The van der Waals surface area contributed by atoms with Crippen molar-refractivity contribution < 1.29 is 4.74 Å². The Morgan fingerprint density at radius 2 is 2.13 bits per heavy atom. The van der Waals surface area contributed by atoms with E-state index < -0.39 is 0 Å². The number of ether oxygens (including phenoxy) is 1. The van der Waals surface area contributed by atoms with E-state index in [1.54, 1.807) is 7.11 Å². The van der Waals surface area contributed by atoms with Crippen molar-refractivity contribution in [2.24, 2.45) is 5.73 Å². The summed E-state index contributed by atoms with van der Waals surface area (Å²) in [4.78, 5) is 2.02. The number of aryl methyl sites for hydroxylation is 1. The molecule has 3 nitrogen and oxygen atoms in total. The second-order valence-corrected chi connectivity index (χ2v) is 4.02. The van der Waals surface area contributed by atoms with Crippen molar-refractivity contribution in [2.45, 2.75) is 13.5 Å². The second kappa shape index (κ2) is 5.35. The first-order valence-corrected chi connectivity index (χ1v) is 5.18. The molecular formula is C11H17ClN2O. The summed E-state index contributed by atoms with van der Waals surface area (Å²) in [5.41, 5.74) is 7.87. The molecule has 0 saturated carbocycles. The van der Waals surface area contributed by atoms with Crippen LogP contribution in [0.15, 0.2) is 12.1 Å². The maximum Gasteiger partial charge on any atom is 0.137 e. The smallest absolute Gasteiger partial charge is 0.137 e. The lowest BCUT2D eigenvalue weighted by molar-refractivity contribution is 0.336. The lowest BCUT2D eigenvalue weighted by Crippen LogP contribution is -2.25. The molecule has 0 bridgehead atoms. The van der Waals surface area contributed by atoms with Gasteiger partial charge in [-0.25, -0.2) is 0 Å². The Balaban J connectivity index is 2.95. The number of hydrogen-bond acceptors (Lipinski definition) is 3. The molecule has 0 saturated heterocycles. The van der Waals surface area contributed by atoms with Gasteiger partial charge in [-0.2, -0.15) is 0 Å². The number of hydrogen-bond donors (Lipinski definition) is 1. The SMILES string of the molecule is COc1cc(C)c(CN(C)CN)cc1Cl. The number of rotatable bonds is 4. The monoisotopic (exact) mass is 228 g/mol. The van der Waals surface area contributed by atoms with E-state index in [0.717, 1.165) is 12.1 Å². The standard InChI is InChI=1S/C11H17ClN2O/c1-8-4-11(15-3)10(12)5-9(8)6-14(2)7-13/h4-5H,6-7,13H2,1-3H3. The van der Waals surface area contributed by atoms with Gasteiger partial charge >= 0.3 is 0 Å². The number of methoxy groups -OCH3 is 1. The molecule has 1 rings (SSSR count). The zero-order valence-corrected chi connectivity index (χ0v) is 10.1. The van der Waals surface area contributed by atoms with Gasteiger partial charge in [-0.3, -0.25) is 4.90 Å². The topological polar surface area (TPSA) is 38.5 Å². The van der Waals surface area contributed by atoms with Crippen LogP contribution in [0.3, 0.4) is 0 Å². The van der Waals surface area contributed by atoms with Crippen molar-refractivity contribution >= 4 is 11.6 Å². The van der Waals surface area contributed by atoms with E-state index in [2.05, 4.69) is 0 Å². The van der Waals surface area contributed by atoms with Gasteiger partial charge in [-0.05, 0) is 37.2 Å². The van der Waals surface area contributed by atoms with Crippen LogP contribution >= 0.6 is 11.6 Å². The van der Waals surface area contributed by atoms with E-state index in [9.17, 15) is 0 Å². The van der Waals surface area contributed by atoms with Crippen LogP contribution in [0.4, 0.5) is 0 Å². The number of nitrogens with zero attached hydrogens (tertiary/aromatic N) is 1. The minimum atomic E-state index is 0.531. The van der Waals surface area contributed by atoms with E-state index >= 15 is 0 Å². The minimum Gasteiger partial charge on any atom is -0.495 e. The maximum atomic E-state index is 6.05. The third-order valence-corrected chi connectivity index (χ3v) is 2.66. The highest BCUT2D eigenvalue weighted by Crippen LogP contribution is 2.28. The lowest BCUT2D eigenvalue weighted by atomic mass is 10.1. The number of benzene rings is 1. The Labute approximate surface area is 95.8 Å². The van der Waals surface area contributed by atoms with Crippen LogP contribution in [0.5, 0.6) is 5.75 Å². The highest BCUT2D eigenvalue weighted by atomic mass is 35.5. The summed E-state index contributed by atoms with van der Waals surface area (Å²) in [6.07, 6.45) is 0. The molecule has 1 aromatic rings. The molecule has 0 heterocycles. The van der Waals surface area contributed by atoms with Crippen LogP contribution < -0.4 is 10.5 Å². The van der Waals surface area contributed by atoms with Gasteiger partial charge in [0.25, 0.3) is 0 Å². The Bertz CT molecular complexity index is 342. The normalized spacial score (nSPS) is 10.8. The van der Waals surface area contributed by atoms with Crippen LogP contribution in [0.1, 0.15) is 11.1 Å². The summed E-state index contributed by atoms with van der Waals surface area (Å²) >= 11 is 6.05. The molecule has 15 heavy (non-hydrogen) atoms. The molecule has 0 aliphatic carbocycles. The van der Waals surface area contributed by atoms with Crippen molar-refractivity contribution in [3.8, 4) is 5.75 Å². The van der Waals surface area contributed by atoms with Crippen LogP contribution in [0.2, 0.25) is 5.02 Å². The molecule has 1 aromatic carbocycles. The van der Waals surface area contributed by atoms with Gasteiger partial charge in [0.2, 0.25) is 0 Å². The largest absolute Gasteiger partial charge is 0.495 e. The lowest BCUT2D eigenvalue weighted by Gasteiger charge is -2.16. The van der Waals surface area contributed by atoms with Gasteiger partial charge in [0, 0.05) is 13.2 Å². The minimum absolute atomic E-state index is 0.531. The molecule has 0 amide bonds. The van der Waals surface area contributed by atoms with Crippen molar-refractivity contribution in [3.05, 3.63) is 28.3 Å². The van der Waals surface area contributed by atoms with Crippen molar-refractivity contribution in [3.63, 3.8) is 0 Å². The summed E-state index contributed by atoms with van der Waals surface area (Å²) in [7, 11) is 3.59. The molecule has 0 atom stereocenters. The fraction of sp³-hybridized carbons (Fsp3) is 0.455. The predicted molar refractivity (Wildman–Crippen MR) is 63.3 cm³/mol. The summed E-state index contributed by atoms with van der Waals surface area (Å²) in [5, 5.41) is 0.642. The van der Waals surface area contributed by atoms with Crippen LogP contribution in [-0.4, -0.2) is 25.7 Å². The highest BCUT2D eigenvalue weighted by molar-refractivity contribution is 6.32.